The molecule has 0 aromatic heterocycles. The number of carbonyl (C=O) groups is 3. The highest BCUT2D eigenvalue weighted by molar-refractivity contribution is 5.82. The third-order valence-electron chi connectivity index (χ3n) is 2.47. The Morgan fingerprint density at radius 2 is 1.50 bits per heavy atom. The molecule has 2 N–H and O–H groups in total. The van der Waals surface area contributed by atoms with Gasteiger partial charge in [-0.1, -0.05) is 5.11 Å². The van der Waals surface area contributed by atoms with Gasteiger partial charge in [0.2, 0.25) is 0 Å². The second-order valence-corrected chi connectivity index (χ2v) is 6.29. The molecule has 0 aromatic rings. The van der Waals surface area contributed by atoms with Crippen molar-refractivity contribution in [2.45, 2.75) is 58.2 Å². The van der Waals surface area contributed by atoms with Gasteiger partial charge in [0.05, 0.1) is 6.07 Å². The first-order valence-electron chi connectivity index (χ1n) is 6.76. The van der Waals surface area contributed by atoms with Crippen LogP contribution in [0.1, 0.15) is 41.5 Å². The molecule has 11 heteroatoms. The summed E-state index contributed by atoms with van der Waals surface area (Å²) in [4.78, 5) is 38.6. The maximum Gasteiger partial charge on any atom is 0.392 e. The van der Waals surface area contributed by atoms with E-state index in [2.05, 4.69) is 25.3 Å². The molecule has 0 radical (unpaired) electrons. The van der Waals surface area contributed by atoms with Crippen LogP contribution in [0.5, 0.6) is 0 Å². The third kappa shape index (κ3) is 6.91. The first kappa shape index (κ1) is 21.1. The van der Waals surface area contributed by atoms with Crippen molar-refractivity contribution in [2.24, 2.45) is 20.5 Å². The standard InChI is InChI=1S/C13H20N6O5/c1-11(2,7-14)17-15-10(23)16-24-9(22)13(5,6)19-18-12(3,4)8(20)21/h1-6H3,(H,16,23)(H,20,21). The molecule has 2 amide bonds. The molecule has 0 unspecified atom stereocenters. The van der Waals surface area contributed by atoms with Gasteiger partial charge in [0, 0.05) is 0 Å². The lowest BCUT2D eigenvalue weighted by atomic mass is 10.1. The number of carboxylic acid groups (broad SMARTS) is 1. The lowest BCUT2D eigenvalue weighted by Crippen LogP contribution is -2.38. The first-order valence-corrected chi connectivity index (χ1v) is 6.76. The number of nitrogens with zero attached hydrogens (tertiary/aromatic N) is 5. The molecule has 0 atom stereocenters. The molecule has 0 bridgehead atoms. The number of amides is 2. The highest BCUT2D eigenvalue weighted by Crippen LogP contribution is 2.17. The number of carbonyl (C=O) groups excluding carboxylic acids is 2. The second kappa shape index (κ2) is 7.58. The van der Waals surface area contributed by atoms with E-state index in [0.717, 1.165) is 0 Å². The molecule has 11 nitrogen and oxygen atoms in total. The number of azo groups is 2. The van der Waals surface area contributed by atoms with Crippen molar-refractivity contribution in [1.29, 1.82) is 5.26 Å². The number of hydrogen-bond acceptors (Lipinski definition) is 8. The van der Waals surface area contributed by atoms with Crippen molar-refractivity contribution < 1.29 is 24.3 Å². The van der Waals surface area contributed by atoms with Gasteiger partial charge in [-0.05, 0) is 41.5 Å². The summed E-state index contributed by atoms with van der Waals surface area (Å²) < 4.78 is 0. The summed E-state index contributed by atoms with van der Waals surface area (Å²) in [5, 5.41) is 31.5. The maximum atomic E-state index is 11.9. The number of nitriles is 1. The van der Waals surface area contributed by atoms with Gasteiger partial charge in [-0.15, -0.1) is 0 Å². The van der Waals surface area contributed by atoms with Gasteiger partial charge in [0.25, 0.3) is 0 Å². The van der Waals surface area contributed by atoms with Gasteiger partial charge in [0.15, 0.2) is 16.6 Å². The summed E-state index contributed by atoms with van der Waals surface area (Å²) in [6.45, 7) is 8.12. The Morgan fingerprint density at radius 1 is 1.00 bits per heavy atom. The molecule has 132 valence electrons. The number of nitrogens with one attached hydrogen (secondary N) is 1. The predicted molar refractivity (Wildman–Crippen MR) is 79.8 cm³/mol. The highest BCUT2D eigenvalue weighted by Gasteiger charge is 2.34. The molecule has 0 saturated carbocycles. The van der Waals surface area contributed by atoms with E-state index in [-0.39, 0.29) is 0 Å². The zero-order valence-electron chi connectivity index (χ0n) is 14.3. The largest absolute Gasteiger partial charge is 0.479 e. The van der Waals surface area contributed by atoms with Gasteiger partial charge in [-0.2, -0.15) is 26.1 Å². The molecule has 0 aromatic carbocycles. The normalized spacial score (nSPS) is 12.9. The summed E-state index contributed by atoms with van der Waals surface area (Å²) in [7, 11) is 0. The smallest absolute Gasteiger partial charge is 0.392 e. The molecular weight excluding hydrogens is 320 g/mol. The summed E-state index contributed by atoms with van der Waals surface area (Å²) >= 11 is 0. The lowest BCUT2D eigenvalue weighted by molar-refractivity contribution is -0.154. The van der Waals surface area contributed by atoms with Gasteiger partial charge in [-0.25, -0.2) is 14.4 Å². The van der Waals surface area contributed by atoms with Crippen LogP contribution in [0, 0.1) is 11.3 Å². The lowest BCUT2D eigenvalue weighted by Gasteiger charge is -2.18. The monoisotopic (exact) mass is 340 g/mol. The van der Waals surface area contributed by atoms with Crippen LogP contribution in [0.2, 0.25) is 0 Å². The maximum absolute atomic E-state index is 11.9. The number of hydroxylamine groups is 1. The van der Waals surface area contributed by atoms with Crippen LogP contribution >= 0.6 is 0 Å². The van der Waals surface area contributed by atoms with Crippen LogP contribution < -0.4 is 5.48 Å². The van der Waals surface area contributed by atoms with Gasteiger partial charge in [-0.3, -0.25) is 0 Å². The zero-order chi connectivity index (χ0) is 19.2. The molecule has 0 rings (SSSR count). The van der Waals surface area contributed by atoms with Crippen LogP contribution in [0.3, 0.4) is 0 Å². The molecular formula is C13H20N6O5. The van der Waals surface area contributed by atoms with Crippen molar-refractivity contribution in [3.8, 4) is 6.07 Å². The average Bonchev–Trinajstić information content (AvgIpc) is 2.48. The van der Waals surface area contributed by atoms with Crippen LogP contribution in [0.4, 0.5) is 4.79 Å². The predicted octanol–water partition coefficient (Wildman–Crippen LogP) is 2.00. The van der Waals surface area contributed by atoms with E-state index < -0.39 is 34.6 Å². The Kier molecular flexibility index (Phi) is 6.67. The molecule has 0 fully saturated rings. The average molecular weight is 340 g/mol. The summed E-state index contributed by atoms with van der Waals surface area (Å²) in [6.07, 6.45) is 0. The summed E-state index contributed by atoms with van der Waals surface area (Å²) in [5.41, 5.74) is -2.52. The fourth-order valence-electron chi connectivity index (χ4n) is 0.762. The van der Waals surface area contributed by atoms with Crippen molar-refractivity contribution in [3.63, 3.8) is 0 Å². The van der Waals surface area contributed by atoms with E-state index >= 15 is 0 Å². The van der Waals surface area contributed by atoms with Gasteiger partial charge < -0.3 is 9.94 Å². The second-order valence-electron chi connectivity index (χ2n) is 6.29. The zero-order valence-corrected chi connectivity index (χ0v) is 14.3. The Bertz CT molecular complexity index is 615. The number of aliphatic carboxylic acids is 1. The molecule has 0 aliphatic carbocycles. The molecule has 0 saturated heterocycles. The quantitative estimate of drug-likeness (QED) is 0.573. The van der Waals surface area contributed by atoms with Crippen molar-refractivity contribution >= 4 is 18.0 Å². The van der Waals surface area contributed by atoms with Crippen LogP contribution in [-0.2, 0) is 14.4 Å². The topological polar surface area (TPSA) is 166 Å². The Balaban J connectivity index is 4.77. The number of hydrogen-bond donors (Lipinski definition) is 2. The fourth-order valence-corrected chi connectivity index (χ4v) is 0.762. The van der Waals surface area contributed by atoms with Crippen molar-refractivity contribution in [1.82, 2.24) is 5.48 Å². The minimum absolute atomic E-state index is 0.990. The van der Waals surface area contributed by atoms with E-state index in [1.807, 2.05) is 0 Å². The van der Waals surface area contributed by atoms with Crippen LogP contribution in [0.15, 0.2) is 20.5 Å². The van der Waals surface area contributed by atoms with E-state index in [0.29, 0.717) is 0 Å². The molecule has 0 heterocycles. The fraction of sp³-hybridized carbons (Fsp3) is 0.692. The number of rotatable bonds is 5. The summed E-state index contributed by atoms with van der Waals surface area (Å²) in [6, 6.07) is 0.710. The highest BCUT2D eigenvalue weighted by atomic mass is 16.7. The minimum atomic E-state index is -1.54. The Hall–Kier alpha value is -2.90. The molecule has 0 aliphatic rings. The molecule has 0 spiro atoms. The Morgan fingerprint density at radius 3 is 1.96 bits per heavy atom. The van der Waals surface area contributed by atoms with E-state index in [1.54, 1.807) is 11.5 Å². The summed E-state index contributed by atoms with van der Waals surface area (Å²) in [5.74, 6) is -2.21. The van der Waals surface area contributed by atoms with Gasteiger partial charge >= 0.3 is 18.0 Å². The third-order valence-corrected chi connectivity index (χ3v) is 2.47. The van der Waals surface area contributed by atoms with Gasteiger partial charge in [0.1, 0.15) is 0 Å². The first-order chi connectivity index (χ1) is 10.7. The SMILES string of the molecule is CC(C)(C#N)N=NC(=O)NOC(=O)C(C)(C)N=NC(C)(C)C(=O)O. The molecule has 0 aliphatic heterocycles. The van der Waals surface area contributed by atoms with Crippen LogP contribution in [-0.4, -0.2) is 39.7 Å². The van der Waals surface area contributed by atoms with E-state index in [1.165, 1.54) is 41.5 Å². The molecule has 24 heavy (non-hydrogen) atoms. The number of carboxylic acids is 1. The Labute approximate surface area is 138 Å². The number of urea groups is 1. The minimum Gasteiger partial charge on any atom is -0.479 e. The van der Waals surface area contributed by atoms with Crippen molar-refractivity contribution in [3.05, 3.63) is 0 Å². The van der Waals surface area contributed by atoms with E-state index in [9.17, 15) is 14.4 Å². The van der Waals surface area contributed by atoms with E-state index in [4.69, 9.17) is 10.4 Å². The van der Waals surface area contributed by atoms with Crippen molar-refractivity contribution in [2.75, 3.05) is 0 Å². The van der Waals surface area contributed by atoms with Crippen LogP contribution in [0.25, 0.3) is 0 Å².